The van der Waals surface area contributed by atoms with Crippen LogP contribution in [-0.2, 0) is 4.79 Å². The lowest BCUT2D eigenvalue weighted by molar-refractivity contribution is -0.116. The molecule has 0 bridgehead atoms. The van der Waals surface area contributed by atoms with Crippen LogP contribution >= 0.6 is 0 Å². The van der Waals surface area contributed by atoms with E-state index in [1.54, 1.807) is 30.9 Å². The number of halogens is 1. The number of anilines is 1. The summed E-state index contributed by atoms with van der Waals surface area (Å²) >= 11 is 0. The summed E-state index contributed by atoms with van der Waals surface area (Å²) in [6, 6.07) is 7.96. The number of nitrogens with one attached hydrogen (secondary N) is 3. The molecule has 9 heteroatoms. The van der Waals surface area contributed by atoms with Crippen LogP contribution in [0.3, 0.4) is 0 Å². The van der Waals surface area contributed by atoms with Crippen molar-refractivity contribution in [3.8, 4) is 22.6 Å². The van der Waals surface area contributed by atoms with E-state index in [4.69, 9.17) is 4.98 Å². The van der Waals surface area contributed by atoms with Crippen LogP contribution in [0, 0.1) is 5.92 Å². The predicted molar refractivity (Wildman–Crippen MR) is 144 cm³/mol. The van der Waals surface area contributed by atoms with Gasteiger partial charge in [0, 0.05) is 41.2 Å². The summed E-state index contributed by atoms with van der Waals surface area (Å²) in [5.74, 6) is 0.969. The minimum absolute atomic E-state index is 0.00826. The minimum atomic E-state index is -0.218. The molecule has 5 aromatic rings. The number of carbonyl (C=O) groups excluding carboxylic acids is 1. The Labute approximate surface area is 217 Å². The van der Waals surface area contributed by atoms with Gasteiger partial charge in [0.25, 0.3) is 0 Å². The van der Waals surface area contributed by atoms with Crippen LogP contribution in [0.1, 0.15) is 37.2 Å². The fourth-order valence-electron chi connectivity index (χ4n) is 5.00. The third-order valence-electron chi connectivity index (χ3n) is 7.19. The summed E-state index contributed by atoms with van der Waals surface area (Å²) in [7, 11) is 0. The van der Waals surface area contributed by atoms with Crippen LogP contribution in [0.25, 0.3) is 44.6 Å². The quantitative estimate of drug-likeness (QED) is 0.254. The number of aromatic amines is 2. The van der Waals surface area contributed by atoms with E-state index in [1.807, 2.05) is 30.3 Å². The number of benzene rings is 1. The number of fused-ring (bicyclic) bond motifs is 2. The Morgan fingerprint density at radius 2 is 1.95 bits per heavy atom. The number of H-pyrrole nitrogens is 2. The SMILES string of the molecule is O=C(CC1CC1)Nc1cncc(-c2ccc3[nH]nc(-c4nc5c(C6C=CC(F)=CC6)cncc5[nH]4)c3c2)c1. The molecule has 1 fully saturated rings. The van der Waals surface area contributed by atoms with Gasteiger partial charge in [-0.15, -0.1) is 0 Å². The number of hydrogen-bond donors (Lipinski definition) is 3. The van der Waals surface area contributed by atoms with Crippen LogP contribution in [-0.4, -0.2) is 36.0 Å². The van der Waals surface area contributed by atoms with E-state index in [2.05, 4.69) is 30.5 Å². The number of imidazole rings is 1. The van der Waals surface area contributed by atoms with Crippen molar-refractivity contribution in [2.45, 2.75) is 31.6 Å². The van der Waals surface area contributed by atoms with Gasteiger partial charge in [0.2, 0.25) is 5.91 Å². The molecule has 1 amide bonds. The molecule has 1 unspecified atom stereocenters. The summed E-state index contributed by atoms with van der Waals surface area (Å²) in [6.07, 6.45) is 15.3. The van der Waals surface area contributed by atoms with Gasteiger partial charge in [-0.05, 0) is 61.1 Å². The number of allylic oxidation sites excluding steroid dienone is 4. The Hall–Kier alpha value is -4.66. The van der Waals surface area contributed by atoms with Gasteiger partial charge in [-0.3, -0.25) is 19.9 Å². The molecule has 2 aliphatic carbocycles. The Bertz CT molecular complexity index is 1760. The van der Waals surface area contributed by atoms with E-state index in [0.717, 1.165) is 51.5 Å². The Kier molecular flexibility index (Phi) is 5.35. The second kappa shape index (κ2) is 9.02. The number of nitrogens with zero attached hydrogens (tertiary/aromatic N) is 4. The third-order valence-corrected chi connectivity index (χ3v) is 7.19. The molecule has 4 aromatic heterocycles. The Morgan fingerprint density at radius 3 is 2.79 bits per heavy atom. The largest absolute Gasteiger partial charge is 0.335 e. The molecule has 7 rings (SSSR count). The maximum Gasteiger partial charge on any atom is 0.224 e. The number of aromatic nitrogens is 6. The van der Waals surface area contributed by atoms with Gasteiger partial charge in [-0.2, -0.15) is 5.10 Å². The highest BCUT2D eigenvalue weighted by Crippen LogP contribution is 2.35. The summed E-state index contributed by atoms with van der Waals surface area (Å²) in [5, 5.41) is 11.5. The first-order valence-electron chi connectivity index (χ1n) is 12.7. The van der Waals surface area contributed by atoms with Crippen molar-refractivity contribution >= 4 is 33.5 Å². The van der Waals surface area contributed by atoms with Crippen LogP contribution in [0.15, 0.2) is 73.1 Å². The first-order chi connectivity index (χ1) is 18.6. The van der Waals surface area contributed by atoms with E-state index in [-0.39, 0.29) is 17.7 Å². The van der Waals surface area contributed by atoms with Gasteiger partial charge >= 0.3 is 0 Å². The maximum atomic E-state index is 13.5. The smallest absolute Gasteiger partial charge is 0.224 e. The standard InChI is InChI=1S/C29H24FN7O/c30-20-6-3-17(4-7-20)23-14-32-15-25-27(23)35-29(34-25)28-22-11-18(5-8-24(22)36-37-28)19-10-21(13-31-12-19)33-26(38)9-16-1-2-16/h3,5-8,10-17H,1-2,4,9H2,(H,33,38)(H,34,35)(H,36,37). The molecule has 3 N–H and O–H groups in total. The Morgan fingerprint density at radius 1 is 1.05 bits per heavy atom. The van der Waals surface area contributed by atoms with E-state index in [1.165, 1.54) is 6.08 Å². The zero-order chi connectivity index (χ0) is 25.6. The molecule has 0 saturated heterocycles. The van der Waals surface area contributed by atoms with E-state index in [0.29, 0.717) is 36.0 Å². The van der Waals surface area contributed by atoms with Gasteiger partial charge in [-0.25, -0.2) is 9.37 Å². The molecular weight excluding hydrogens is 481 g/mol. The molecule has 4 heterocycles. The van der Waals surface area contributed by atoms with E-state index >= 15 is 0 Å². The second-order valence-corrected chi connectivity index (χ2v) is 9.99. The highest BCUT2D eigenvalue weighted by Gasteiger charge is 2.24. The van der Waals surface area contributed by atoms with Crippen molar-refractivity contribution in [3.05, 3.63) is 78.7 Å². The van der Waals surface area contributed by atoms with Crippen LogP contribution in [0.4, 0.5) is 10.1 Å². The molecular formula is C29H24FN7O. The van der Waals surface area contributed by atoms with Crippen molar-refractivity contribution in [3.63, 3.8) is 0 Å². The van der Waals surface area contributed by atoms with Crippen molar-refractivity contribution in [2.24, 2.45) is 5.92 Å². The molecule has 1 atom stereocenters. The monoisotopic (exact) mass is 505 g/mol. The summed E-state index contributed by atoms with van der Waals surface area (Å²) in [5.41, 5.74) is 6.63. The molecule has 0 spiro atoms. The molecule has 8 nitrogen and oxygen atoms in total. The normalized spacial score (nSPS) is 17.2. The zero-order valence-corrected chi connectivity index (χ0v) is 20.4. The fourth-order valence-corrected chi connectivity index (χ4v) is 5.00. The first kappa shape index (κ1) is 22.5. The van der Waals surface area contributed by atoms with Crippen molar-refractivity contribution in [2.75, 3.05) is 5.32 Å². The number of pyridine rings is 2. The number of hydrogen-bond acceptors (Lipinski definition) is 5. The molecule has 1 saturated carbocycles. The highest BCUT2D eigenvalue weighted by atomic mass is 19.1. The lowest BCUT2D eigenvalue weighted by Crippen LogP contribution is -2.12. The highest BCUT2D eigenvalue weighted by molar-refractivity contribution is 5.96. The third kappa shape index (κ3) is 4.26. The average molecular weight is 506 g/mol. The molecule has 1 aromatic carbocycles. The van der Waals surface area contributed by atoms with Crippen molar-refractivity contribution < 1.29 is 9.18 Å². The predicted octanol–water partition coefficient (Wildman–Crippen LogP) is 6.20. The first-order valence-corrected chi connectivity index (χ1v) is 12.7. The summed E-state index contributed by atoms with van der Waals surface area (Å²) in [6.45, 7) is 0. The van der Waals surface area contributed by atoms with Gasteiger partial charge in [-0.1, -0.05) is 12.1 Å². The molecule has 0 aliphatic heterocycles. The van der Waals surface area contributed by atoms with Crippen LogP contribution in [0.2, 0.25) is 0 Å². The molecule has 2 aliphatic rings. The molecule has 0 radical (unpaired) electrons. The topological polar surface area (TPSA) is 112 Å². The number of rotatable bonds is 6. The van der Waals surface area contributed by atoms with Crippen molar-refractivity contribution in [1.82, 2.24) is 30.1 Å². The van der Waals surface area contributed by atoms with Crippen molar-refractivity contribution in [1.29, 1.82) is 0 Å². The van der Waals surface area contributed by atoms with Gasteiger partial charge < -0.3 is 10.3 Å². The maximum absolute atomic E-state index is 13.5. The van der Waals surface area contributed by atoms with Gasteiger partial charge in [0.15, 0.2) is 5.82 Å². The van der Waals surface area contributed by atoms with Gasteiger partial charge in [0.1, 0.15) is 11.5 Å². The van der Waals surface area contributed by atoms with Crippen LogP contribution < -0.4 is 5.32 Å². The zero-order valence-electron chi connectivity index (χ0n) is 20.4. The van der Waals surface area contributed by atoms with Gasteiger partial charge in [0.05, 0.1) is 34.6 Å². The summed E-state index contributed by atoms with van der Waals surface area (Å²) in [4.78, 5) is 29.3. The number of amides is 1. The molecule has 188 valence electrons. The Balaban J connectivity index is 1.23. The van der Waals surface area contributed by atoms with E-state index in [9.17, 15) is 9.18 Å². The number of carbonyl (C=O) groups is 1. The fraction of sp³-hybridized carbons (Fsp3) is 0.207. The second-order valence-electron chi connectivity index (χ2n) is 9.99. The average Bonchev–Trinajstić information content (AvgIpc) is 3.47. The summed E-state index contributed by atoms with van der Waals surface area (Å²) < 4.78 is 13.5. The lowest BCUT2D eigenvalue weighted by Gasteiger charge is -2.13. The molecule has 38 heavy (non-hydrogen) atoms. The van der Waals surface area contributed by atoms with E-state index < -0.39 is 0 Å². The minimum Gasteiger partial charge on any atom is -0.335 e. The lowest BCUT2D eigenvalue weighted by atomic mass is 9.93. The van der Waals surface area contributed by atoms with Crippen LogP contribution in [0.5, 0.6) is 0 Å².